The zero-order valence-electron chi connectivity index (χ0n) is 60.5. The Morgan fingerprint density at radius 3 is 1.08 bits per heavy atom. The summed E-state index contributed by atoms with van der Waals surface area (Å²) in [7, 11) is -11.3. The molecule has 32 heteroatoms. The Bertz CT molecular complexity index is 5670. The zero-order valence-corrected chi connectivity index (χ0v) is 63.7. The molecule has 28 nitrogen and oxygen atoms in total. The van der Waals surface area contributed by atoms with Crippen LogP contribution in [0.3, 0.4) is 0 Å². The van der Waals surface area contributed by atoms with Gasteiger partial charge in [0.25, 0.3) is 30.1 Å². The molecule has 13 aromatic rings. The first-order chi connectivity index (χ1) is 51.7. The number of anilines is 9. The van der Waals surface area contributed by atoms with Gasteiger partial charge >= 0.3 is 18.1 Å². The number of carbonyl (C=O) groups is 3. The summed E-state index contributed by atoms with van der Waals surface area (Å²) in [4.78, 5) is 53.6. The standard InChI is InChI=1S/C27H27N7O3S.C26H26ClN5O3S.C24H25N7O3S/c1-27(2,3)23-17-24(30-26(35)31-25-28-21-11-7-8-12-22(21)29-25)34(32-23)19-13-15-20(16-14-19)38(36,37)33-18-9-5-4-6-10-18;1-26(2,3)23-17-24(29-25(33)28-19-11-9-18(27)10-12-19)32(30-23)21-13-15-22(16-14-21)36(34,35)31-20-7-5-4-6-8-20;1-24(2,3)20-15-22(28-23(32)27-21-13-14-25-16-26-21)31(29-20)18-9-11-19(12-10-18)35(33,34)30-17-7-5-4-6-8-17/h4-17,33H,1-3H3,(H3,28,29,30,31,35);4-17,31H,1-3H3,(H2,28,29,33);4-16,30H,1-3H3,(H2,25,26,27,28,32). The normalized spacial score (nSPS) is 11.7. The van der Waals surface area contributed by atoms with Crippen molar-refractivity contribution in [1.82, 2.24) is 49.3 Å². The van der Waals surface area contributed by atoms with Crippen LogP contribution in [0.5, 0.6) is 0 Å². The van der Waals surface area contributed by atoms with E-state index in [1.54, 1.807) is 172 Å². The fraction of sp³-hybridized carbons (Fsp3) is 0.156. The highest BCUT2D eigenvalue weighted by Gasteiger charge is 2.27. The molecule has 109 heavy (non-hydrogen) atoms. The predicted octanol–water partition coefficient (Wildman–Crippen LogP) is 16.2. The van der Waals surface area contributed by atoms with E-state index in [-0.39, 0.29) is 30.9 Å². The van der Waals surface area contributed by atoms with Crippen LogP contribution in [0.1, 0.15) is 79.4 Å². The quantitative estimate of drug-likeness (QED) is 0.0382. The lowest BCUT2D eigenvalue weighted by Crippen LogP contribution is -2.22. The van der Waals surface area contributed by atoms with E-state index in [4.69, 9.17) is 16.7 Å². The molecule has 0 aliphatic heterocycles. The number of hydrogen-bond donors (Lipinski definition) is 10. The fourth-order valence-corrected chi connectivity index (χ4v) is 13.6. The van der Waals surface area contributed by atoms with E-state index in [0.29, 0.717) is 74.1 Å². The lowest BCUT2D eigenvalue weighted by molar-refractivity contribution is 0.261. The van der Waals surface area contributed by atoms with Crippen LogP contribution >= 0.6 is 11.6 Å². The van der Waals surface area contributed by atoms with Crippen molar-refractivity contribution in [1.29, 1.82) is 0 Å². The number of imidazole rings is 1. The van der Waals surface area contributed by atoms with E-state index in [2.05, 4.69) is 76.2 Å². The van der Waals surface area contributed by atoms with Crippen LogP contribution in [0.2, 0.25) is 5.02 Å². The summed E-state index contributed by atoms with van der Waals surface area (Å²) >= 11 is 5.91. The lowest BCUT2D eigenvalue weighted by atomic mass is 9.92. The molecule has 0 atom stereocenters. The molecule has 0 aliphatic carbocycles. The first kappa shape index (κ1) is 77.4. The number of hydrogen-bond acceptors (Lipinski definition) is 15. The van der Waals surface area contributed by atoms with Crippen molar-refractivity contribution in [2.75, 3.05) is 46.1 Å². The summed E-state index contributed by atoms with van der Waals surface area (Å²) < 4.78 is 89.1. The fourth-order valence-electron chi connectivity index (χ4n) is 10.3. The minimum Gasteiger partial charge on any atom is -0.324 e. The monoisotopic (exact) mass is 1540 g/mol. The highest BCUT2D eigenvalue weighted by molar-refractivity contribution is 7.93. The molecule has 0 fully saturated rings. The number of rotatable bonds is 18. The van der Waals surface area contributed by atoms with Crippen molar-refractivity contribution < 1.29 is 39.6 Å². The second-order valence-electron chi connectivity index (χ2n) is 27.6. The molecule has 6 amide bonds. The van der Waals surface area contributed by atoms with Gasteiger partial charge in [0, 0.05) is 68.4 Å². The SMILES string of the molecule is CC(C)(C)c1cc(NC(=O)Nc2ccc(Cl)cc2)n(-c2ccc(S(=O)(=O)Nc3ccccc3)cc2)n1.CC(C)(C)c1cc(NC(=O)Nc2ccncn2)n(-c2ccc(S(=O)(=O)Nc3ccccc3)cc2)n1.CC(C)(C)c1cc(NC(=O)Nc2nc3ccccc3[nH]2)n(-c2ccc(S(=O)(=O)Nc3ccccc3)cc2)n1. The van der Waals surface area contributed by atoms with Crippen LogP contribution in [-0.2, 0) is 46.3 Å². The second-order valence-corrected chi connectivity index (χ2v) is 33.1. The third kappa shape index (κ3) is 20.5. The number of sulfonamides is 3. The number of H-pyrrole nitrogens is 1. The Morgan fingerprint density at radius 2 is 0.734 bits per heavy atom. The molecule has 0 radical (unpaired) electrons. The molecule has 560 valence electrons. The molecule has 8 aromatic carbocycles. The van der Waals surface area contributed by atoms with Gasteiger partial charge in [0.05, 0.1) is 59.9 Å². The van der Waals surface area contributed by atoms with E-state index in [9.17, 15) is 39.6 Å². The van der Waals surface area contributed by atoms with Crippen molar-refractivity contribution in [2.45, 2.75) is 93.2 Å². The van der Waals surface area contributed by atoms with E-state index in [0.717, 1.165) is 28.1 Å². The van der Waals surface area contributed by atoms with Crippen molar-refractivity contribution >= 4 is 123 Å². The second kappa shape index (κ2) is 32.6. The number of halogens is 1. The molecule has 0 saturated heterocycles. The topological polar surface area (TPSA) is 370 Å². The average molecular weight is 1550 g/mol. The van der Waals surface area contributed by atoms with Gasteiger partial charge in [0.2, 0.25) is 5.95 Å². The van der Waals surface area contributed by atoms with E-state index in [1.807, 2.05) is 105 Å². The van der Waals surface area contributed by atoms with Crippen LogP contribution in [0, 0.1) is 0 Å². The molecule has 0 aliphatic rings. The Labute approximate surface area is 635 Å². The highest BCUT2D eigenvalue weighted by Crippen LogP contribution is 2.32. The number of carbonyl (C=O) groups excluding carboxylic acids is 3. The van der Waals surface area contributed by atoms with Crippen molar-refractivity contribution in [3.05, 3.63) is 271 Å². The maximum Gasteiger partial charge on any atom is 0.327 e. The van der Waals surface area contributed by atoms with Gasteiger partial charge in [-0.2, -0.15) is 15.3 Å². The minimum atomic E-state index is -3.78. The van der Waals surface area contributed by atoms with Gasteiger partial charge in [-0.1, -0.05) is 141 Å². The molecular weight excluding hydrogens is 1470 g/mol. The Morgan fingerprint density at radius 1 is 0.385 bits per heavy atom. The first-order valence-corrected chi connectivity index (χ1v) is 38.6. The van der Waals surface area contributed by atoms with Crippen LogP contribution < -0.4 is 46.1 Å². The smallest absolute Gasteiger partial charge is 0.324 e. The Hall–Kier alpha value is -12.7. The molecule has 0 bridgehead atoms. The summed E-state index contributed by atoms with van der Waals surface area (Å²) in [5.41, 5.74) is 6.69. The summed E-state index contributed by atoms with van der Waals surface area (Å²) in [6.45, 7) is 18.1. The third-order valence-electron chi connectivity index (χ3n) is 16.0. The van der Waals surface area contributed by atoms with Gasteiger partial charge in [-0.25, -0.2) is 68.6 Å². The number of aromatic amines is 1. The van der Waals surface area contributed by atoms with Crippen LogP contribution in [-0.4, -0.2) is 92.6 Å². The summed E-state index contributed by atoms with van der Waals surface area (Å²) in [6.07, 6.45) is 2.85. The molecule has 0 saturated carbocycles. The van der Waals surface area contributed by atoms with Crippen molar-refractivity contribution in [2.24, 2.45) is 0 Å². The number of urea groups is 3. The number of nitrogens with one attached hydrogen (secondary N) is 10. The molecule has 10 N–H and O–H groups in total. The van der Waals surface area contributed by atoms with Gasteiger partial charge in [-0.3, -0.25) is 40.8 Å². The van der Waals surface area contributed by atoms with E-state index >= 15 is 0 Å². The zero-order chi connectivity index (χ0) is 77.9. The first-order valence-electron chi connectivity index (χ1n) is 33.8. The number of amides is 6. The van der Waals surface area contributed by atoms with Crippen LogP contribution in [0.4, 0.5) is 66.4 Å². The van der Waals surface area contributed by atoms with Gasteiger partial charge in [-0.15, -0.1) is 0 Å². The number of aromatic nitrogens is 10. The largest absolute Gasteiger partial charge is 0.327 e. The predicted molar refractivity (Wildman–Crippen MR) is 426 cm³/mol. The highest BCUT2D eigenvalue weighted by atomic mass is 35.5. The maximum atomic E-state index is 12.8. The van der Waals surface area contributed by atoms with Gasteiger partial charge < -0.3 is 10.3 Å². The average Bonchev–Trinajstić information content (AvgIpc) is 1.69. The van der Waals surface area contributed by atoms with Crippen LogP contribution in [0.15, 0.2) is 264 Å². The lowest BCUT2D eigenvalue weighted by Gasteiger charge is -2.14. The van der Waals surface area contributed by atoms with Crippen molar-refractivity contribution in [3.8, 4) is 17.1 Å². The molecule has 5 heterocycles. The summed E-state index contributed by atoms with van der Waals surface area (Å²) in [6, 6.07) is 64.5. The summed E-state index contributed by atoms with van der Waals surface area (Å²) in [5, 5.41) is 31.1. The minimum absolute atomic E-state index is 0.101. The van der Waals surface area contributed by atoms with Gasteiger partial charge in [0.15, 0.2) is 0 Å². The van der Waals surface area contributed by atoms with E-state index < -0.39 is 48.2 Å². The maximum absolute atomic E-state index is 12.8. The number of fused-ring (bicyclic) bond motifs is 1. The Balaban J connectivity index is 0.000000163. The van der Waals surface area contributed by atoms with Gasteiger partial charge in [-0.05, 0) is 152 Å². The number of benzene rings is 8. The molecule has 0 unspecified atom stereocenters. The van der Waals surface area contributed by atoms with Crippen LogP contribution in [0.25, 0.3) is 28.1 Å². The van der Waals surface area contributed by atoms with Gasteiger partial charge in [0.1, 0.15) is 29.6 Å². The van der Waals surface area contributed by atoms with Crippen molar-refractivity contribution in [3.63, 3.8) is 0 Å². The number of nitrogens with zero attached hydrogens (tertiary/aromatic N) is 9. The molecular formula is C77H78ClN19O9S3. The number of para-hydroxylation sites is 5. The van der Waals surface area contributed by atoms with E-state index in [1.165, 1.54) is 48.9 Å². The Kier molecular flexibility index (Phi) is 23.1. The third-order valence-corrected chi connectivity index (χ3v) is 20.4. The summed E-state index contributed by atoms with van der Waals surface area (Å²) in [5.74, 6) is 1.93. The molecule has 13 rings (SSSR count). The molecule has 0 spiro atoms. The molecule has 5 aromatic heterocycles.